The van der Waals surface area contributed by atoms with Gasteiger partial charge in [-0.1, -0.05) is 20.8 Å². The van der Waals surface area contributed by atoms with Gasteiger partial charge in [0.2, 0.25) is 5.91 Å². The molecule has 124 valence electrons. The quantitative estimate of drug-likeness (QED) is 0.678. The van der Waals surface area contributed by atoms with Crippen molar-refractivity contribution < 1.29 is 9.53 Å². The summed E-state index contributed by atoms with van der Waals surface area (Å²) in [5, 5.41) is 0. The highest BCUT2D eigenvalue weighted by Gasteiger charge is 2.21. The van der Waals surface area contributed by atoms with Gasteiger partial charge in [0.1, 0.15) is 0 Å². The third-order valence-electron chi connectivity index (χ3n) is 4.07. The maximum Gasteiger partial charge on any atom is 0.224 e. The molecule has 1 aliphatic rings. The van der Waals surface area contributed by atoms with E-state index in [1.165, 1.54) is 0 Å². The fraction of sp³-hybridized carbons (Fsp3) is 0.941. The normalized spacial score (nSPS) is 17.5. The summed E-state index contributed by atoms with van der Waals surface area (Å²) in [6, 6.07) is 0.577. The van der Waals surface area contributed by atoms with Crippen molar-refractivity contribution in [3.05, 3.63) is 0 Å². The number of rotatable bonds is 7. The lowest BCUT2D eigenvalue weighted by molar-refractivity contribution is -0.134. The van der Waals surface area contributed by atoms with Crippen LogP contribution >= 0.6 is 0 Å². The number of carbonyl (C=O) groups excluding carboxylic acids is 1. The zero-order chi connectivity index (χ0) is 15.9. The van der Waals surface area contributed by atoms with Crippen LogP contribution in [0.2, 0.25) is 0 Å². The molecule has 1 fully saturated rings. The average Bonchev–Trinajstić information content (AvgIpc) is 2.41. The highest BCUT2D eigenvalue weighted by Crippen LogP contribution is 2.20. The van der Waals surface area contributed by atoms with E-state index in [-0.39, 0.29) is 5.91 Å². The lowest BCUT2D eigenvalue weighted by Gasteiger charge is -2.37. The lowest BCUT2D eigenvalue weighted by atomic mass is 9.91. The minimum absolute atomic E-state index is 0.245. The third kappa shape index (κ3) is 7.82. The summed E-state index contributed by atoms with van der Waals surface area (Å²) in [4.78, 5) is 16.5. The molecule has 4 nitrogen and oxygen atoms in total. The van der Waals surface area contributed by atoms with Crippen molar-refractivity contribution in [2.24, 2.45) is 5.41 Å². The molecule has 0 aromatic carbocycles. The molecule has 0 bridgehead atoms. The summed E-state index contributed by atoms with van der Waals surface area (Å²) in [6.07, 6.45) is 2.76. The van der Waals surface area contributed by atoms with E-state index < -0.39 is 0 Å². The Bertz CT molecular complexity index is 302. The van der Waals surface area contributed by atoms with Gasteiger partial charge in [0, 0.05) is 38.8 Å². The second-order valence-electron chi connectivity index (χ2n) is 7.54. The Labute approximate surface area is 130 Å². The molecule has 0 radical (unpaired) electrons. The van der Waals surface area contributed by atoms with Gasteiger partial charge in [-0.25, -0.2) is 0 Å². The molecule has 21 heavy (non-hydrogen) atoms. The van der Waals surface area contributed by atoms with Crippen molar-refractivity contribution in [1.82, 2.24) is 9.80 Å². The fourth-order valence-electron chi connectivity index (χ4n) is 2.61. The Balaban J connectivity index is 2.07. The Hall–Kier alpha value is -0.610. The average molecular weight is 298 g/mol. The van der Waals surface area contributed by atoms with E-state index in [4.69, 9.17) is 4.74 Å². The van der Waals surface area contributed by atoms with Crippen LogP contribution in [0.5, 0.6) is 0 Å². The molecular weight excluding hydrogens is 264 g/mol. The van der Waals surface area contributed by atoms with Gasteiger partial charge in [0.15, 0.2) is 0 Å². The molecule has 0 aromatic rings. The van der Waals surface area contributed by atoms with E-state index in [1.807, 2.05) is 4.90 Å². The van der Waals surface area contributed by atoms with Gasteiger partial charge in [0.25, 0.3) is 0 Å². The molecule has 1 rings (SSSR count). The molecule has 1 aliphatic heterocycles. The molecule has 0 unspecified atom stereocenters. The van der Waals surface area contributed by atoms with E-state index in [9.17, 15) is 4.79 Å². The lowest BCUT2D eigenvalue weighted by Crippen LogP contribution is -2.50. The van der Waals surface area contributed by atoms with E-state index >= 15 is 0 Å². The Morgan fingerprint density at radius 3 is 2.24 bits per heavy atom. The summed E-state index contributed by atoms with van der Waals surface area (Å²) in [5.41, 5.74) is 0.370. The molecule has 0 atom stereocenters. The van der Waals surface area contributed by atoms with Gasteiger partial charge >= 0.3 is 0 Å². The maximum absolute atomic E-state index is 12.1. The third-order valence-corrected chi connectivity index (χ3v) is 4.07. The second kappa shape index (κ2) is 8.74. The van der Waals surface area contributed by atoms with Crippen LogP contribution in [0.3, 0.4) is 0 Å². The predicted molar refractivity (Wildman–Crippen MR) is 87.4 cm³/mol. The van der Waals surface area contributed by atoms with Gasteiger partial charge in [-0.3, -0.25) is 9.69 Å². The minimum atomic E-state index is 0.245. The van der Waals surface area contributed by atoms with Crippen molar-refractivity contribution in [3.63, 3.8) is 0 Å². The largest absolute Gasteiger partial charge is 0.381 e. The maximum atomic E-state index is 12.1. The van der Waals surface area contributed by atoms with Crippen LogP contribution in [-0.4, -0.2) is 61.1 Å². The number of piperazine rings is 1. The van der Waals surface area contributed by atoms with Crippen LogP contribution in [0, 0.1) is 5.41 Å². The van der Waals surface area contributed by atoms with Crippen LogP contribution in [0.4, 0.5) is 0 Å². The predicted octanol–water partition coefficient (Wildman–Crippen LogP) is 2.77. The number of ether oxygens (including phenoxy) is 1. The highest BCUT2D eigenvalue weighted by atomic mass is 16.5. The highest BCUT2D eigenvalue weighted by molar-refractivity contribution is 5.76. The minimum Gasteiger partial charge on any atom is -0.381 e. The Morgan fingerprint density at radius 1 is 1.10 bits per heavy atom. The fourth-order valence-corrected chi connectivity index (χ4v) is 2.61. The molecule has 0 aromatic heterocycles. The van der Waals surface area contributed by atoms with Gasteiger partial charge in [-0.05, 0) is 32.1 Å². The van der Waals surface area contributed by atoms with Gasteiger partial charge < -0.3 is 9.64 Å². The van der Waals surface area contributed by atoms with Gasteiger partial charge in [-0.15, -0.1) is 0 Å². The van der Waals surface area contributed by atoms with Crippen molar-refractivity contribution in [2.45, 2.75) is 59.9 Å². The van der Waals surface area contributed by atoms with Crippen molar-refractivity contribution in [1.29, 1.82) is 0 Å². The first-order valence-electron chi connectivity index (χ1n) is 8.39. The number of hydrogen-bond donors (Lipinski definition) is 0. The molecule has 1 heterocycles. The van der Waals surface area contributed by atoms with Crippen LogP contribution in [0.25, 0.3) is 0 Å². The number of nitrogens with zero attached hydrogens (tertiary/aromatic N) is 2. The Morgan fingerprint density at radius 2 is 1.71 bits per heavy atom. The van der Waals surface area contributed by atoms with Crippen LogP contribution < -0.4 is 0 Å². The summed E-state index contributed by atoms with van der Waals surface area (Å²) in [6.45, 7) is 16.2. The number of hydrogen-bond acceptors (Lipinski definition) is 3. The summed E-state index contributed by atoms with van der Waals surface area (Å²) >= 11 is 0. The molecule has 0 spiro atoms. The first-order chi connectivity index (χ1) is 9.79. The standard InChI is InChI=1S/C17H34N2O2/c1-15(2)18-9-11-19(12-10-18)16(20)7-14-21-13-6-8-17(3,4)5/h15H,6-14H2,1-5H3. The van der Waals surface area contributed by atoms with Crippen LogP contribution in [0.15, 0.2) is 0 Å². The Kier molecular flexibility index (Phi) is 7.67. The topological polar surface area (TPSA) is 32.8 Å². The second-order valence-corrected chi connectivity index (χ2v) is 7.54. The van der Waals surface area contributed by atoms with E-state index in [2.05, 4.69) is 39.5 Å². The molecular formula is C17H34N2O2. The van der Waals surface area contributed by atoms with E-state index in [0.717, 1.165) is 45.6 Å². The van der Waals surface area contributed by atoms with Crippen molar-refractivity contribution in [3.8, 4) is 0 Å². The van der Waals surface area contributed by atoms with E-state index in [1.54, 1.807) is 0 Å². The number of amides is 1. The zero-order valence-corrected chi connectivity index (χ0v) is 14.7. The summed E-state index contributed by atoms with van der Waals surface area (Å²) in [5.74, 6) is 0.245. The number of carbonyl (C=O) groups is 1. The van der Waals surface area contributed by atoms with Gasteiger partial charge in [-0.2, -0.15) is 0 Å². The molecule has 0 aliphatic carbocycles. The molecule has 1 saturated heterocycles. The molecule has 0 N–H and O–H groups in total. The molecule has 0 saturated carbocycles. The van der Waals surface area contributed by atoms with Crippen molar-refractivity contribution >= 4 is 5.91 Å². The van der Waals surface area contributed by atoms with Crippen LogP contribution in [0.1, 0.15) is 53.9 Å². The SMILES string of the molecule is CC(C)N1CCN(C(=O)CCOCCCC(C)(C)C)CC1. The van der Waals surface area contributed by atoms with E-state index in [0.29, 0.717) is 24.5 Å². The zero-order valence-electron chi connectivity index (χ0n) is 14.7. The summed E-state index contributed by atoms with van der Waals surface area (Å²) < 4.78 is 5.59. The monoisotopic (exact) mass is 298 g/mol. The first-order valence-corrected chi connectivity index (χ1v) is 8.39. The van der Waals surface area contributed by atoms with Gasteiger partial charge in [0.05, 0.1) is 13.0 Å². The van der Waals surface area contributed by atoms with Crippen LogP contribution in [-0.2, 0) is 9.53 Å². The molecule has 1 amide bonds. The molecule has 4 heteroatoms. The first kappa shape index (κ1) is 18.4. The summed E-state index contributed by atoms with van der Waals surface area (Å²) in [7, 11) is 0. The smallest absolute Gasteiger partial charge is 0.224 e. The van der Waals surface area contributed by atoms with Crippen molar-refractivity contribution in [2.75, 3.05) is 39.4 Å².